The zero-order chi connectivity index (χ0) is 19.1. The lowest BCUT2D eigenvalue weighted by Crippen LogP contribution is -2.39. The number of hydrogen-bond acceptors (Lipinski definition) is 6. The van der Waals surface area contributed by atoms with Crippen molar-refractivity contribution in [3.8, 4) is 5.75 Å². The molecule has 1 fully saturated rings. The summed E-state index contributed by atoms with van der Waals surface area (Å²) in [5, 5.41) is 16.2. The summed E-state index contributed by atoms with van der Waals surface area (Å²) in [4.78, 5) is 16.7. The number of amides is 1. The number of ether oxygens (including phenoxy) is 1. The maximum absolute atomic E-state index is 12.6. The zero-order valence-electron chi connectivity index (χ0n) is 15.7. The number of rotatable bonds is 8. The van der Waals surface area contributed by atoms with E-state index in [2.05, 4.69) is 15.5 Å². The van der Waals surface area contributed by atoms with Crippen molar-refractivity contribution in [3.63, 3.8) is 0 Å². The Kier molecular flexibility index (Phi) is 6.45. The largest absolute Gasteiger partial charge is 0.485 e. The van der Waals surface area contributed by atoms with E-state index in [1.165, 1.54) is 6.42 Å². The van der Waals surface area contributed by atoms with E-state index >= 15 is 0 Å². The fourth-order valence-corrected chi connectivity index (χ4v) is 3.70. The molecule has 1 aliphatic carbocycles. The fourth-order valence-electron chi connectivity index (χ4n) is 3.70. The summed E-state index contributed by atoms with van der Waals surface area (Å²) in [7, 11) is 0. The summed E-state index contributed by atoms with van der Waals surface area (Å²) in [6.45, 7) is 2.66. The van der Waals surface area contributed by atoms with E-state index in [4.69, 9.17) is 9.26 Å². The third-order valence-electron chi connectivity index (χ3n) is 5.21. The van der Waals surface area contributed by atoms with Crippen LogP contribution in [0.3, 0.4) is 0 Å². The second-order valence-corrected chi connectivity index (χ2v) is 7.26. The van der Waals surface area contributed by atoms with Crippen LogP contribution < -0.4 is 10.1 Å². The van der Waals surface area contributed by atoms with Crippen LogP contribution in [0.1, 0.15) is 60.6 Å². The molecule has 0 spiro atoms. The summed E-state index contributed by atoms with van der Waals surface area (Å²) in [5.41, 5.74) is 0.569. The number of aliphatic hydroxyl groups is 1. The molecule has 7 heteroatoms. The van der Waals surface area contributed by atoms with Gasteiger partial charge in [-0.3, -0.25) is 4.79 Å². The Hall–Kier alpha value is -2.41. The van der Waals surface area contributed by atoms with E-state index < -0.39 is 0 Å². The number of nitrogens with one attached hydrogen (secondary N) is 1. The first-order valence-electron chi connectivity index (χ1n) is 9.51. The third-order valence-corrected chi connectivity index (χ3v) is 5.21. The second-order valence-electron chi connectivity index (χ2n) is 7.26. The SMILES string of the molecule is Cc1nc(COc2cccc(C(=O)NCC3(CCO)CCCCC3)c2)no1. The number of nitrogens with zero attached hydrogens (tertiary/aromatic N) is 2. The van der Waals surface area contributed by atoms with Gasteiger partial charge in [-0.15, -0.1) is 0 Å². The third kappa shape index (κ3) is 5.29. The minimum atomic E-state index is -0.126. The normalized spacial score (nSPS) is 16.1. The lowest BCUT2D eigenvalue weighted by molar-refractivity contribution is 0.0868. The fraction of sp³-hybridized carbons (Fsp3) is 0.550. The van der Waals surface area contributed by atoms with Crippen molar-refractivity contribution < 1.29 is 19.2 Å². The molecule has 0 aliphatic heterocycles. The summed E-state index contributed by atoms with van der Waals surface area (Å²) >= 11 is 0. The number of benzene rings is 1. The van der Waals surface area contributed by atoms with Crippen molar-refractivity contribution in [2.24, 2.45) is 5.41 Å². The standard InChI is InChI=1S/C20H27N3O4/c1-15-22-18(23-27-15)13-26-17-7-5-6-16(12-17)19(25)21-14-20(10-11-24)8-3-2-4-9-20/h5-7,12,24H,2-4,8-11,13-14H2,1H3,(H,21,25). The van der Waals surface area contributed by atoms with E-state index in [-0.39, 0.29) is 24.5 Å². The van der Waals surface area contributed by atoms with Crippen LogP contribution in [0.5, 0.6) is 5.75 Å². The van der Waals surface area contributed by atoms with Crippen LogP contribution in [0.2, 0.25) is 0 Å². The van der Waals surface area contributed by atoms with Crippen LogP contribution in [0.25, 0.3) is 0 Å². The maximum Gasteiger partial charge on any atom is 0.251 e. The van der Waals surface area contributed by atoms with Crippen molar-refractivity contribution in [3.05, 3.63) is 41.5 Å². The van der Waals surface area contributed by atoms with Crippen molar-refractivity contribution >= 4 is 5.91 Å². The molecule has 1 aliphatic rings. The average Bonchev–Trinajstić information content (AvgIpc) is 3.11. The van der Waals surface area contributed by atoms with Crippen LogP contribution >= 0.6 is 0 Å². The van der Waals surface area contributed by atoms with E-state index in [9.17, 15) is 9.90 Å². The van der Waals surface area contributed by atoms with E-state index in [1.807, 2.05) is 0 Å². The molecule has 0 unspecified atom stereocenters. The first-order chi connectivity index (χ1) is 13.1. The predicted molar refractivity (Wildman–Crippen MR) is 99.4 cm³/mol. The van der Waals surface area contributed by atoms with Gasteiger partial charge in [-0.1, -0.05) is 30.5 Å². The van der Waals surface area contributed by atoms with Crippen molar-refractivity contribution in [2.75, 3.05) is 13.2 Å². The Labute approximate surface area is 159 Å². The minimum Gasteiger partial charge on any atom is -0.485 e. The molecule has 7 nitrogen and oxygen atoms in total. The van der Waals surface area contributed by atoms with Gasteiger partial charge in [0.15, 0.2) is 6.61 Å². The van der Waals surface area contributed by atoms with Gasteiger partial charge in [0.2, 0.25) is 11.7 Å². The molecule has 0 bridgehead atoms. The molecule has 1 heterocycles. The average molecular weight is 373 g/mol. The van der Waals surface area contributed by atoms with Gasteiger partial charge in [0.05, 0.1) is 0 Å². The van der Waals surface area contributed by atoms with E-state index in [1.54, 1.807) is 31.2 Å². The molecular formula is C20H27N3O4. The Bertz CT molecular complexity index is 748. The molecule has 1 amide bonds. The summed E-state index contributed by atoms with van der Waals surface area (Å²) in [6.07, 6.45) is 6.41. The molecule has 27 heavy (non-hydrogen) atoms. The number of aryl methyl sites for hydroxylation is 1. The Morgan fingerprint density at radius 1 is 1.33 bits per heavy atom. The Morgan fingerprint density at radius 2 is 2.15 bits per heavy atom. The molecule has 1 aromatic carbocycles. The number of aliphatic hydroxyl groups excluding tert-OH is 1. The molecule has 2 aromatic rings. The molecule has 1 saturated carbocycles. The van der Waals surface area contributed by atoms with Gasteiger partial charge in [-0.2, -0.15) is 4.98 Å². The summed E-state index contributed by atoms with van der Waals surface area (Å²) < 4.78 is 10.6. The quantitative estimate of drug-likeness (QED) is 0.738. The van der Waals surface area contributed by atoms with Crippen molar-refractivity contribution in [2.45, 2.75) is 52.1 Å². The Morgan fingerprint density at radius 3 is 2.85 bits per heavy atom. The molecule has 3 rings (SSSR count). The minimum absolute atomic E-state index is 0.0211. The van der Waals surface area contributed by atoms with Crippen LogP contribution in [0.15, 0.2) is 28.8 Å². The van der Waals surface area contributed by atoms with Crippen LogP contribution in [0, 0.1) is 12.3 Å². The second kappa shape index (κ2) is 8.99. The van der Waals surface area contributed by atoms with Crippen molar-refractivity contribution in [1.82, 2.24) is 15.5 Å². The number of aromatic nitrogens is 2. The van der Waals surface area contributed by atoms with Gasteiger partial charge in [0.1, 0.15) is 5.75 Å². The predicted octanol–water partition coefficient (Wildman–Crippen LogP) is 3.02. The van der Waals surface area contributed by atoms with Gasteiger partial charge in [-0.25, -0.2) is 0 Å². The first-order valence-corrected chi connectivity index (χ1v) is 9.51. The molecular weight excluding hydrogens is 346 g/mol. The van der Waals surface area contributed by atoms with Gasteiger partial charge < -0.3 is 19.7 Å². The number of carbonyl (C=O) groups is 1. The Balaban J connectivity index is 1.57. The van der Waals surface area contributed by atoms with E-state index in [0.717, 1.165) is 32.1 Å². The highest BCUT2D eigenvalue weighted by molar-refractivity contribution is 5.94. The van der Waals surface area contributed by atoms with Crippen LogP contribution in [-0.4, -0.2) is 34.3 Å². The molecule has 1 aromatic heterocycles. The smallest absolute Gasteiger partial charge is 0.251 e. The highest BCUT2D eigenvalue weighted by Crippen LogP contribution is 2.38. The van der Waals surface area contributed by atoms with Crippen LogP contribution in [0.4, 0.5) is 0 Å². The first kappa shape index (κ1) is 19.4. The van der Waals surface area contributed by atoms with Crippen molar-refractivity contribution in [1.29, 1.82) is 0 Å². The monoisotopic (exact) mass is 373 g/mol. The lowest BCUT2D eigenvalue weighted by Gasteiger charge is -2.37. The van der Waals surface area contributed by atoms with Gasteiger partial charge >= 0.3 is 0 Å². The molecule has 146 valence electrons. The molecule has 0 atom stereocenters. The molecule has 2 N–H and O–H groups in total. The van der Waals surface area contributed by atoms with Gasteiger partial charge in [-0.05, 0) is 42.9 Å². The molecule has 0 saturated heterocycles. The zero-order valence-corrected chi connectivity index (χ0v) is 15.7. The van der Waals surface area contributed by atoms with Crippen LogP contribution in [-0.2, 0) is 6.61 Å². The summed E-state index contributed by atoms with van der Waals surface area (Å²) in [5.74, 6) is 1.40. The van der Waals surface area contributed by atoms with Gasteiger partial charge in [0.25, 0.3) is 5.91 Å². The lowest BCUT2D eigenvalue weighted by atomic mass is 9.72. The number of carbonyl (C=O) groups excluding carboxylic acids is 1. The highest BCUT2D eigenvalue weighted by atomic mass is 16.5. The highest BCUT2D eigenvalue weighted by Gasteiger charge is 2.31. The number of hydrogen-bond donors (Lipinski definition) is 2. The summed E-state index contributed by atoms with van der Waals surface area (Å²) in [6, 6.07) is 7.05. The van der Waals surface area contributed by atoms with Gasteiger partial charge in [0, 0.05) is 25.6 Å². The van der Waals surface area contributed by atoms with E-state index in [0.29, 0.717) is 29.6 Å². The maximum atomic E-state index is 12.6. The molecule has 0 radical (unpaired) electrons. The topological polar surface area (TPSA) is 97.5 Å².